The monoisotopic (exact) mass is 1810 g/mol. The van der Waals surface area contributed by atoms with Gasteiger partial charge in [0.05, 0.1) is 45.5 Å². The van der Waals surface area contributed by atoms with E-state index in [0.717, 1.165) is 60.7 Å². The number of allylic oxidation sites excluding steroid dienone is 4. The fraction of sp³-hybridized carbons (Fsp3) is 0.145. The van der Waals surface area contributed by atoms with Crippen LogP contribution in [0, 0.1) is 49.9 Å². The molecule has 14 rings (SSSR count). The molecule has 495 valence electrons. The second kappa shape index (κ2) is 38.3. The van der Waals surface area contributed by atoms with Crippen LogP contribution in [0.1, 0.15) is 65.5 Å². The van der Waals surface area contributed by atoms with Crippen molar-refractivity contribution in [2.75, 3.05) is 0 Å². The first-order valence-corrected chi connectivity index (χ1v) is 31.1. The van der Waals surface area contributed by atoms with Crippen molar-refractivity contribution in [3.63, 3.8) is 0 Å². The van der Waals surface area contributed by atoms with E-state index in [9.17, 15) is 14.7 Å². The zero-order valence-electron chi connectivity index (χ0n) is 55.1. The van der Waals surface area contributed by atoms with Crippen molar-refractivity contribution in [3.8, 4) is 45.4 Å². The number of aliphatic hydroxyl groups is 2. The van der Waals surface area contributed by atoms with Crippen molar-refractivity contribution in [2.45, 2.75) is 68.2 Å². The SMILES string of the molecule is CC(=O)C=C(C)O.CC(C)CC(=O)C=C(O)CC(C)C.Cc1cnc(-c2[c-]cccc2)cc1C.[Ir].[Ir].[Ir].[c-]1ccccc1-c1ncc2cc3ccccc3cc2n1.[c-]1ccccc1-c1ncc2cc3ccccc3cc2n1.[c-]1ccccc1-c1ncc2cc3ccccc3cc2n1. The minimum absolute atomic E-state index is 0. The number of aryl methyl sites for hydroxylation is 2. The van der Waals surface area contributed by atoms with Crippen LogP contribution in [0.3, 0.4) is 0 Å². The summed E-state index contributed by atoms with van der Waals surface area (Å²) in [6, 6.07) is 83.5. The van der Waals surface area contributed by atoms with Crippen LogP contribution in [-0.4, -0.2) is 56.7 Å². The predicted molar refractivity (Wildman–Crippen MR) is 384 cm³/mol. The van der Waals surface area contributed by atoms with Gasteiger partial charge in [-0.05, 0) is 120 Å². The molecule has 14 aromatic rings. The molecule has 0 amide bonds. The minimum atomic E-state index is -0.125. The topological polar surface area (TPSA) is 165 Å². The van der Waals surface area contributed by atoms with Gasteiger partial charge in [0.1, 0.15) is 0 Å². The van der Waals surface area contributed by atoms with E-state index in [0.29, 0.717) is 42.2 Å². The van der Waals surface area contributed by atoms with Gasteiger partial charge in [-0.2, -0.15) is 0 Å². The molecule has 0 aliphatic carbocycles. The molecule has 0 spiro atoms. The number of hydrogen-bond acceptors (Lipinski definition) is 11. The number of hydrogen-bond donors (Lipinski definition) is 2. The van der Waals surface area contributed by atoms with Crippen molar-refractivity contribution < 1.29 is 80.1 Å². The molecule has 10 aromatic carbocycles. The predicted octanol–water partition coefficient (Wildman–Crippen LogP) is 20.0. The summed E-state index contributed by atoms with van der Waals surface area (Å²) >= 11 is 0. The number of nitrogens with zero attached hydrogens (tertiary/aromatic N) is 7. The van der Waals surface area contributed by atoms with Crippen molar-refractivity contribution in [1.82, 2.24) is 34.9 Å². The Kier molecular flexibility index (Phi) is 30.2. The van der Waals surface area contributed by atoms with Gasteiger partial charge in [0.2, 0.25) is 0 Å². The van der Waals surface area contributed by atoms with Crippen molar-refractivity contribution in [2.24, 2.45) is 11.8 Å². The van der Waals surface area contributed by atoms with Crippen LogP contribution in [0.25, 0.3) is 110 Å². The smallest absolute Gasteiger partial charge is 0.159 e. The van der Waals surface area contributed by atoms with Gasteiger partial charge in [-0.3, -0.25) is 39.5 Å². The van der Waals surface area contributed by atoms with Crippen LogP contribution in [0.5, 0.6) is 0 Å². The molecule has 14 heteroatoms. The third-order valence-corrected chi connectivity index (χ3v) is 14.5. The maximum absolute atomic E-state index is 11.2. The second-order valence-electron chi connectivity index (χ2n) is 23.3. The quantitative estimate of drug-likeness (QED) is 0.0579. The molecule has 0 saturated heterocycles. The Morgan fingerprint density at radius 2 is 0.722 bits per heavy atom. The number of pyridine rings is 1. The van der Waals surface area contributed by atoms with Crippen LogP contribution in [-0.2, 0) is 69.9 Å². The van der Waals surface area contributed by atoms with Crippen molar-refractivity contribution in [3.05, 3.63) is 296 Å². The number of fused-ring (bicyclic) bond motifs is 6. The Labute approximate surface area is 608 Å². The van der Waals surface area contributed by atoms with Crippen LogP contribution in [0.4, 0.5) is 0 Å². The molecule has 3 radical (unpaired) electrons. The molecule has 11 nitrogen and oxygen atoms in total. The molecule has 0 fully saturated rings. The Morgan fingerprint density at radius 3 is 1.01 bits per heavy atom. The molecule has 0 aliphatic heterocycles. The summed E-state index contributed by atoms with van der Waals surface area (Å²) in [6.45, 7) is 15.0. The summed E-state index contributed by atoms with van der Waals surface area (Å²) in [4.78, 5) is 52.9. The zero-order valence-corrected chi connectivity index (χ0v) is 62.3. The molecule has 4 heterocycles. The molecular formula is C83H73Ir3N7O4-4. The van der Waals surface area contributed by atoms with Crippen LogP contribution >= 0.6 is 0 Å². The van der Waals surface area contributed by atoms with Crippen molar-refractivity contribution >= 4 is 76.6 Å². The molecule has 0 aliphatic rings. The van der Waals surface area contributed by atoms with Crippen LogP contribution in [0.15, 0.2) is 261 Å². The first-order chi connectivity index (χ1) is 45.5. The van der Waals surface area contributed by atoms with E-state index >= 15 is 0 Å². The van der Waals surface area contributed by atoms with Crippen molar-refractivity contribution in [1.29, 1.82) is 0 Å². The fourth-order valence-corrected chi connectivity index (χ4v) is 9.89. The van der Waals surface area contributed by atoms with Crippen LogP contribution < -0.4 is 0 Å². The summed E-state index contributed by atoms with van der Waals surface area (Å²) in [7, 11) is 0. The number of rotatable bonds is 10. The molecule has 0 saturated carbocycles. The molecule has 2 N–H and O–H groups in total. The first-order valence-electron chi connectivity index (χ1n) is 31.1. The van der Waals surface area contributed by atoms with E-state index < -0.39 is 0 Å². The zero-order chi connectivity index (χ0) is 66.3. The van der Waals surface area contributed by atoms with E-state index in [1.807, 2.05) is 186 Å². The standard InChI is InChI=1S/3C18H11N2.C13H12N.C11H20O2.C5H8O2.3Ir/c3*1-2-6-13(7-3-1)18-19-12-16-10-14-8-4-5-9-15(14)11-17(16)20-18;1-10-8-13(14-9-11(10)2)12-6-4-3-5-7-12;1-8(2)5-10(12)7-11(13)6-9(3)4;1-4(6)3-5(2)7;;;/h3*1-6,8-12H;3-6,8-9H,1-2H3;7-9,12H,5-6H2,1-4H3;3,6H,1-2H3;;;/q4*-1;;;;;. The molecule has 97 heavy (non-hydrogen) atoms. The van der Waals surface area contributed by atoms with E-state index in [-0.39, 0.29) is 83.4 Å². The van der Waals surface area contributed by atoms with Gasteiger partial charge in [-0.1, -0.05) is 112 Å². The Balaban J connectivity index is 0.000000187. The summed E-state index contributed by atoms with van der Waals surface area (Å²) in [5, 5.41) is 28.1. The Morgan fingerprint density at radius 1 is 0.392 bits per heavy atom. The van der Waals surface area contributed by atoms with Gasteiger partial charge in [0.25, 0.3) is 0 Å². The second-order valence-corrected chi connectivity index (χ2v) is 23.3. The van der Waals surface area contributed by atoms with E-state index in [4.69, 9.17) is 5.11 Å². The van der Waals surface area contributed by atoms with E-state index in [2.05, 4.69) is 152 Å². The largest absolute Gasteiger partial charge is 0.512 e. The molecule has 4 aromatic heterocycles. The molecule has 0 atom stereocenters. The number of aromatic nitrogens is 7. The van der Waals surface area contributed by atoms with E-state index in [1.165, 1.54) is 69.4 Å². The third kappa shape index (κ3) is 23.1. The summed E-state index contributed by atoms with van der Waals surface area (Å²) in [5.74, 6) is 3.06. The maximum Gasteiger partial charge on any atom is 0.159 e. The van der Waals surface area contributed by atoms with E-state index in [1.54, 1.807) is 0 Å². The molecule has 0 bridgehead atoms. The average Bonchev–Trinajstić information content (AvgIpc) is 0.818. The third-order valence-electron chi connectivity index (χ3n) is 14.5. The van der Waals surface area contributed by atoms with Crippen LogP contribution in [0.2, 0.25) is 0 Å². The normalized spacial score (nSPS) is 10.8. The maximum atomic E-state index is 11.2. The Bertz CT molecular complexity index is 4550. The molecular weight excluding hydrogens is 1740 g/mol. The number of benzene rings is 10. The van der Waals surface area contributed by atoms with Gasteiger partial charge in [0.15, 0.2) is 11.6 Å². The summed E-state index contributed by atoms with van der Waals surface area (Å²) in [5.41, 5.74) is 10.2. The first kappa shape index (κ1) is 76.5. The number of carbonyl (C=O) groups is 2. The van der Waals surface area contributed by atoms with Gasteiger partial charge >= 0.3 is 0 Å². The van der Waals surface area contributed by atoms with Gasteiger partial charge < -0.3 is 15.2 Å². The minimum Gasteiger partial charge on any atom is -0.512 e. The number of aliphatic hydroxyl groups excluding tert-OH is 2. The number of carbonyl (C=O) groups excluding carboxylic acids is 2. The summed E-state index contributed by atoms with van der Waals surface area (Å²) in [6.07, 6.45) is 11.2. The van der Waals surface area contributed by atoms with Gasteiger partial charge in [-0.25, -0.2) is 0 Å². The number of ketones is 2. The molecule has 0 unspecified atom stereocenters. The fourth-order valence-electron chi connectivity index (χ4n) is 9.89. The van der Waals surface area contributed by atoms with Gasteiger partial charge in [-0.15, -0.1) is 144 Å². The summed E-state index contributed by atoms with van der Waals surface area (Å²) < 4.78 is 0. The Hall–Kier alpha value is -9.48. The average molecular weight is 1810 g/mol. The van der Waals surface area contributed by atoms with Gasteiger partial charge in [0, 0.05) is 126 Å².